The normalized spacial score (nSPS) is 11.8. The van der Waals surface area contributed by atoms with Crippen molar-refractivity contribution in [1.82, 2.24) is 15.2 Å². The van der Waals surface area contributed by atoms with Crippen LogP contribution in [0.3, 0.4) is 0 Å². The molecule has 26 heavy (non-hydrogen) atoms. The molecular formula is C19H20N4O2S. The minimum atomic E-state index is -0.332. The molecule has 0 radical (unpaired) electrons. The molecule has 134 valence electrons. The maximum Gasteiger partial charge on any atom is 0.237 e. The number of nitrogens with zero attached hydrogens (tertiary/aromatic N) is 2. The number of carbonyl (C=O) groups excluding carboxylic acids is 1. The second-order valence-electron chi connectivity index (χ2n) is 5.54. The number of anilines is 1. The first-order valence-corrected chi connectivity index (χ1v) is 9.22. The van der Waals surface area contributed by atoms with E-state index < -0.39 is 0 Å². The Balaban J connectivity index is 1.58. The zero-order valence-electron chi connectivity index (χ0n) is 14.6. The Labute approximate surface area is 156 Å². The number of aromatic nitrogens is 3. The Bertz CT molecular complexity index is 849. The first kappa shape index (κ1) is 18.0. The fraction of sp³-hybridized carbons (Fsp3) is 0.211. The monoisotopic (exact) mass is 368 g/mol. The number of ether oxygens (including phenoxy) is 1. The molecule has 1 heterocycles. The molecule has 0 aliphatic rings. The van der Waals surface area contributed by atoms with Crippen molar-refractivity contribution in [3.63, 3.8) is 0 Å². The van der Waals surface area contributed by atoms with E-state index in [1.54, 1.807) is 0 Å². The molecule has 0 saturated carbocycles. The Morgan fingerprint density at radius 2 is 1.92 bits per heavy atom. The van der Waals surface area contributed by atoms with E-state index in [-0.39, 0.29) is 11.2 Å². The van der Waals surface area contributed by atoms with Gasteiger partial charge in [-0.05, 0) is 38.1 Å². The van der Waals surface area contributed by atoms with Crippen molar-refractivity contribution in [1.29, 1.82) is 0 Å². The van der Waals surface area contributed by atoms with Crippen molar-refractivity contribution in [2.45, 2.75) is 24.3 Å². The van der Waals surface area contributed by atoms with E-state index in [1.165, 1.54) is 11.8 Å². The number of carbonyl (C=O) groups is 1. The summed E-state index contributed by atoms with van der Waals surface area (Å²) in [6.07, 6.45) is 0. The van der Waals surface area contributed by atoms with Gasteiger partial charge in [0.15, 0.2) is 5.82 Å². The number of H-pyrrole nitrogens is 1. The lowest BCUT2D eigenvalue weighted by Gasteiger charge is -2.10. The van der Waals surface area contributed by atoms with Crippen molar-refractivity contribution in [2.75, 3.05) is 11.9 Å². The summed E-state index contributed by atoms with van der Waals surface area (Å²) in [5.41, 5.74) is 1.68. The van der Waals surface area contributed by atoms with Gasteiger partial charge in [0, 0.05) is 11.3 Å². The third kappa shape index (κ3) is 4.64. The van der Waals surface area contributed by atoms with Gasteiger partial charge in [0.25, 0.3) is 0 Å². The molecular weight excluding hydrogens is 348 g/mol. The maximum absolute atomic E-state index is 12.4. The largest absolute Gasteiger partial charge is 0.494 e. The molecule has 0 saturated heterocycles. The highest BCUT2D eigenvalue weighted by atomic mass is 32.2. The lowest BCUT2D eigenvalue weighted by Crippen LogP contribution is -2.22. The first-order chi connectivity index (χ1) is 12.7. The van der Waals surface area contributed by atoms with Crippen molar-refractivity contribution >= 4 is 23.4 Å². The van der Waals surface area contributed by atoms with Gasteiger partial charge in [-0.2, -0.15) is 0 Å². The smallest absolute Gasteiger partial charge is 0.237 e. The number of hydrogen-bond acceptors (Lipinski definition) is 5. The minimum Gasteiger partial charge on any atom is -0.494 e. The molecule has 1 atom stereocenters. The zero-order chi connectivity index (χ0) is 18.4. The van der Waals surface area contributed by atoms with Gasteiger partial charge >= 0.3 is 0 Å². The number of benzene rings is 2. The van der Waals surface area contributed by atoms with E-state index in [0.29, 0.717) is 17.6 Å². The van der Waals surface area contributed by atoms with Crippen LogP contribution in [0.15, 0.2) is 59.8 Å². The predicted octanol–water partition coefficient (Wildman–Crippen LogP) is 3.99. The summed E-state index contributed by atoms with van der Waals surface area (Å²) in [4.78, 5) is 16.8. The summed E-state index contributed by atoms with van der Waals surface area (Å²) in [6.45, 7) is 4.37. The van der Waals surface area contributed by atoms with Crippen LogP contribution < -0.4 is 10.1 Å². The lowest BCUT2D eigenvalue weighted by atomic mass is 10.2. The van der Waals surface area contributed by atoms with Gasteiger partial charge in [-0.1, -0.05) is 42.1 Å². The summed E-state index contributed by atoms with van der Waals surface area (Å²) >= 11 is 1.31. The second kappa shape index (κ2) is 8.53. The lowest BCUT2D eigenvalue weighted by molar-refractivity contribution is -0.115. The number of thioether (sulfide) groups is 1. The van der Waals surface area contributed by atoms with Gasteiger partial charge in [-0.15, -0.1) is 5.10 Å². The number of rotatable bonds is 7. The number of amides is 1. The van der Waals surface area contributed by atoms with Crippen LogP contribution >= 0.6 is 11.8 Å². The highest BCUT2D eigenvalue weighted by Crippen LogP contribution is 2.24. The van der Waals surface area contributed by atoms with Gasteiger partial charge in [0.2, 0.25) is 11.1 Å². The number of hydrogen-bond donors (Lipinski definition) is 2. The van der Waals surface area contributed by atoms with Gasteiger partial charge in [0.1, 0.15) is 5.75 Å². The van der Waals surface area contributed by atoms with E-state index >= 15 is 0 Å². The summed E-state index contributed by atoms with van der Waals surface area (Å²) in [7, 11) is 0. The molecule has 7 heteroatoms. The summed E-state index contributed by atoms with van der Waals surface area (Å²) < 4.78 is 5.39. The summed E-state index contributed by atoms with van der Waals surface area (Å²) in [6, 6.07) is 17.0. The molecule has 6 nitrogen and oxygen atoms in total. The quantitative estimate of drug-likeness (QED) is 0.617. The summed E-state index contributed by atoms with van der Waals surface area (Å²) in [5, 5.41) is 10.2. The van der Waals surface area contributed by atoms with E-state index in [9.17, 15) is 4.79 Å². The van der Waals surface area contributed by atoms with Crippen LogP contribution in [-0.4, -0.2) is 32.9 Å². The van der Waals surface area contributed by atoms with Crippen LogP contribution in [0.2, 0.25) is 0 Å². The fourth-order valence-electron chi connectivity index (χ4n) is 2.28. The molecule has 1 amide bonds. The average molecular weight is 368 g/mol. The Morgan fingerprint density at radius 3 is 2.62 bits per heavy atom. The van der Waals surface area contributed by atoms with E-state index in [0.717, 1.165) is 17.0 Å². The van der Waals surface area contributed by atoms with Crippen LogP contribution in [0, 0.1) is 0 Å². The van der Waals surface area contributed by atoms with Crippen LogP contribution in [-0.2, 0) is 4.79 Å². The van der Waals surface area contributed by atoms with Crippen LogP contribution in [0.1, 0.15) is 13.8 Å². The van der Waals surface area contributed by atoms with Gasteiger partial charge < -0.3 is 10.1 Å². The van der Waals surface area contributed by atoms with Crippen LogP contribution in [0.5, 0.6) is 5.75 Å². The SMILES string of the molecule is CCOc1ccc(NC(=O)[C@@H](C)Sc2n[nH]c(-c3ccccc3)n2)cc1. The van der Waals surface area contributed by atoms with E-state index in [1.807, 2.05) is 68.4 Å². The molecule has 3 rings (SSSR count). The molecule has 0 unspecified atom stereocenters. The molecule has 0 aliphatic heterocycles. The molecule has 0 spiro atoms. The second-order valence-corrected chi connectivity index (χ2v) is 6.85. The fourth-order valence-corrected chi connectivity index (χ4v) is 3.01. The molecule has 2 aromatic carbocycles. The van der Waals surface area contributed by atoms with E-state index in [4.69, 9.17) is 4.74 Å². The average Bonchev–Trinajstić information content (AvgIpc) is 3.13. The Morgan fingerprint density at radius 1 is 1.19 bits per heavy atom. The molecule has 3 aromatic rings. The van der Waals surface area contributed by atoms with Crippen molar-refractivity contribution < 1.29 is 9.53 Å². The number of nitrogens with one attached hydrogen (secondary N) is 2. The van der Waals surface area contributed by atoms with Crippen molar-refractivity contribution in [3.05, 3.63) is 54.6 Å². The highest BCUT2D eigenvalue weighted by molar-refractivity contribution is 8.00. The first-order valence-electron chi connectivity index (χ1n) is 8.34. The van der Waals surface area contributed by atoms with Crippen molar-refractivity contribution in [2.24, 2.45) is 0 Å². The highest BCUT2D eigenvalue weighted by Gasteiger charge is 2.17. The molecule has 0 fully saturated rings. The minimum absolute atomic E-state index is 0.106. The Hall–Kier alpha value is -2.80. The molecule has 0 aliphatic carbocycles. The summed E-state index contributed by atoms with van der Waals surface area (Å²) in [5.74, 6) is 1.36. The zero-order valence-corrected chi connectivity index (χ0v) is 15.4. The molecule has 1 aromatic heterocycles. The van der Waals surface area contributed by atoms with Crippen molar-refractivity contribution in [3.8, 4) is 17.1 Å². The Kier molecular flexibility index (Phi) is 5.91. The van der Waals surface area contributed by atoms with Gasteiger partial charge in [-0.3, -0.25) is 9.89 Å². The topological polar surface area (TPSA) is 79.9 Å². The molecule has 2 N–H and O–H groups in total. The third-order valence-electron chi connectivity index (χ3n) is 3.60. The predicted molar refractivity (Wildman–Crippen MR) is 103 cm³/mol. The molecule has 0 bridgehead atoms. The standard InChI is InChI=1S/C19H20N4O2S/c1-3-25-16-11-9-15(10-12-16)20-18(24)13(2)26-19-21-17(22-23-19)14-7-5-4-6-8-14/h4-13H,3H2,1-2H3,(H,20,24)(H,21,22,23)/t13-/m1/s1. The van der Waals surface area contributed by atoms with Crippen LogP contribution in [0.25, 0.3) is 11.4 Å². The van der Waals surface area contributed by atoms with Crippen LogP contribution in [0.4, 0.5) is 5.69 Å². The van der Waals surface area contributed by atoms with Gasteiger partial charge in [0.05, 0.1) is 11.9 Å². The van der Waals surface area contributed by atoms with Gasteiger partial charge in [-0.25, -0.2) is 4.98 Å². The third-order valence-corrected chi connectivity index (χ3v) is 4.56. The number of aromatic amines is 1. The maximum atomic E-state index is 12.4. The van der Waals surface area contributed by atoms with E-state index in [2.05, 4.69) is 20.5 Å².